The van der Waals surface area contributed by atoms with Gasteiger partial charge in [0.1, 0.15) is 17.4 Å². The van der Waals surface area contributed by atoms with Crippen molar-refractivity contribution in [2.45, 2.75) is 13.5 Å². The lowest BCUT2D eigenvalue weighted by atomic mass is 10.2. The molecule has 28 heavy (non-hydrogen) atoms. The van der Waals surface area contributed by atoms with Gasteiger partial charge in [0.05, 0.1) is 17.5 Å². The predicted molar refractivity (Wildman–Crippen MR) is 99.8 cm³/mol. The van der Waals surface area contributed by atoms with Gasteiger partial charge >= 0.3 is 6.61 Å². The maximum Gasteiger partial charge on any atom is 0.387 e. The Kier molecular flexibility index (Phi) is 6.25. The summed E-state index contributed by atoms with van der Waals surface area (Å²) in [5, 5.41) is 5.97. The Bertz CT molecular complexity index is 1020. The van der Waals surface area contributed by atoms with E-state index in [2.05, 4.69) is 14.8 Å². The third-order valence-corrected chi connectivity index (χ3v) is 4.51. The van der Waals surface area contributed by atoms with E-state index < -0.39 is 18.2 Å². The fourth-order valence-electron chi connectivity index (χ4n) is 2.41. The van der Waals surface area contributed by atoms with Gasteiger partial charge in [-0.1, -0.05) is 6.07 Å². The van der Waals surface area contributed by atoms with Crippen LogP contribution in [0.15, 0.2) is 57.9 Å². The third kappa shape index (κ3) is 4.48. The molecule has 0 radical (unpaired) electrons. The molecule has 0 fully saturated rings. The van der Waals surface area contributed by atoms with Crippen LogP contribution in [0.25, 0.3) is 11.3 Å². The summed E-state index contributed by atoms with van der Waals surface area (Å²) in [5.74, 6) is -1.44. The molecule has 2 aromatic carbocycles. The first kappa shape index (κ1) is 19.8. The van der Waals surface area contributed by atoms with Crippen LogP contribution < -0.4 is 9.54 Å². The molecule has 9 heteroatoms. The van der Waals surface area contributed by atoms with Crippen molar-refractivity contribution < 1.29 is 22.3 Å². The van der Waals surface area contributed by atoms with Gasteiger partial charge in [-0.15, -0.1) is 11.3 Å². The third-order valence-electron chi connectivity index (χ3n) is 3.66. The number of nitrogens with zero attached hydrogens (tertiary/aromatic N) is 3. The molecule has 0 amide bonds. The minimum Gasteiger partial charge on any atom is -0.435 e. The number of thiazole rings is 1. The van der Waals surface area contributed by atoms with Crippen LogP contribution in [-0.4, -0.2) is 24.0 Å². The minimum atomic E-state index is -2.91. The van der Waals surface area contributed by atoms with Gasteiger partial charge in [0.25, 0.3) is 0 Å². The number of halogens is 4. The van der Waals surface area contributed by atoms with Gasteiger partial charge in [-0.05, 0) is 43.3 Å². The normalized spacial score (nSPS) is 12.3. The van der Waals surface area contributed by atoms with E-state index in [4.69, 9.17) is 0 Å². The molecule has 3 aromatic rings. The molecule has 0 saturated carbocycles. The van der Waals surface area contributed by atoms with Gasteiger partial charge in [-0.25, -0.2) is 13.5 Å². The number of hydrogen-bond donors (Lipinski definition) is 0. The van der Waals surface area contributed by atoms with E-state index >= 15 is 0 Å². The highest BCUT2D eigenvalue weighted by atomic mass is 32.1. The topological polar surface area (TPSA) is 38.9 Å². The summed E-state index contributed by atoms with van der Waals surface area (Å²) in [6.07, 6.45) is 1.09. The summed E-state index contributed by atoms with van der Waals surface area (Å²) >= 11 is 1.30. The number of hydrogen-bond acceptors (Lipinski definition) is 4. The van der Waals surface area contributed by atoms with E-state index in [1.165, 1.54) is 34.2 Å². The molecule has 1 aromatic heterocycles. The van der Waals surface area contributed by atoms with Gasteiger partial charge < -0.3 is 4.74 Å². The van der Waals surface area contributed by atoms with Crippen LogP contribution >= 0.6 is 11.3 Å². The lowest BCUT2D eigenvalue weighted by molar-refractivity contribution is -0.0498. The molecule has 0 spiro atoms. The van der Waals surface area contributed by atoms with Crippen molar-refractivity contribution in [2.24, 2.45) is 10.1 Å². The summed E-state index contributed by atoms with van der Waals surface area (Å²) in [6, 6.07) is 9.54. The van der Waals surface area contributed by atoms with E-state index in [0.717, 1.165) is 18.3 Å². The van der Waals surface area contributed by atoms with Crippen molar-refractivity contribution in [3.05, 3.63) is 69.8 Å². The first-order valence-electron chi connectivity index (χ1n) is 8.24. The van der Waals surface area contributed by atoms with E-state index in [1.807, 2.05) is 6.92 Å². The highest BCUT2D eigenvalue weighted by molar-refractivity contribution is 7.07. The van der Waals surface area contributed by atoms with E-state index in [1.54, 1.807) is 17.5 Å². The van der Waals surface area contributed by atoms with Gasteiger partial charge in [-0.3, -0.25) is 4.99 Å². The van der Waals surface area contributed by atoms with Crippen LogP contribution in [-0.2, 0) is 0 Å². The fraction of sp³-hybridized carbons (Fsp3) is 0.158. The minimum absolute atomic E-state index is 0.0240. The number of ether oxygens (including phenoxy) is 1. The quantitative estimate of drug-likeness (QED) is 0.422. The highest BCUT2D eigenvalue weighted by Crippen LogP contribution is 2.24. The van der Waals surface area contributed by atoms with Crippen LogP contribution in [0.4, 0.5) is 17.6 Å². The van der Waals surface area contributed by atoms with Crippen molar-refractivity contribution >= 4 is 17.6 Å². The molecule has 0 unspecified atom stereocenters. The average molecular weight is 409 g/mol. The molecule has 0 aliphatic rings. The standard InChI is InChI=1S/C19H15F4N3OS/c1-2-24-19-26(25-10-14-15(20)4-3-5-16(14)21)17(11-28-19)12-6-8-13(9-7-12)27-18(22)23/h3-11,18H,2H2,1H3/b24-19?,25-10-. The van der Waals surface area contributed by atoms with Crippen molar-refractivity contribution in [1.29, 1.82) is 0 Å². The zero-order valence-corrected chi connectivity index (χ0v) is 15.5. The van der Waals surface area contributed by atoms with E-state index in [-0.39, 0.29) is 11.3 Å². The second kappa shape index (κ2) is 8.83. The molecular formula is C19H15F4N3OS. The Balaban J connectivity index is 2.02. The zero-order chi connectivity index (χ0) is 20.1. The highest BCUT2D eigenvalue weighted by Gasteiger charge is 2.10. The summed E-state index contributed by atoms with van der Waals surface area (Å²) in [6.45, 7) is -0.572. The number of alkyl halides is 2. The van der Waals surface area contributed by atoms with Gasteiger partial charge in [0, 0.05) is 17.5 Å². The molecule has 0 aliphatic heterocycles. The Morgan fingerprint density at radius 2 is 1.79 bits per heavy atom. The second-order valence-corrected chi connectivity index (χ2v) is 6.31. The SMILES string of the molecule is CCN=c1scc(-c2ccc(OC(F)F)cc2)n1/N=C\c1c(F)cccc1F. The molecule has 0 bridgehead atoms. The Morgan fingerprint density at radius 1 is 1.11 bits per heavy atom. The average Bonchev–Trinajstić information content (AvgIpc) is 3.04. The van der Waals surface area contributed by atoms with Crippen LogP contribution in [0, 0.1) is 11.6 Å². The molecule has 1 heterocycles. The van der Waals surface area contributed by atoms with Crippen LogP contribution in [0.2, 0.25) is 0 Å². The Morgan fingerprint density at radius 3 is 2.39 bits per heavy atom. The summed E-state index contributed by atoms with van der Waals surface area (Å²) in [5.41, 5.74) is 0.977. The molecule has 0 atom stereocenters. The smallest absolute Gasteiger partial charge is 0.387 e. The van der Waals surface area contributed by atoms with Crippen LogP contribution in [0.5, 0.6) is 5.75 Å². The fourth-order valence-corrected chi connectivity index (χ4v) is 3.31. The molecular weight excluding hydrogens is 394 g/mol. The number of rotatable bonds is 6. The summed E-state index contributed by atoms with van der Waals surface area (Å²) in [4.78, 5) is 4.85. The van der Waals surface area contributed by atoms with Gasteiger partial charge in [0.2, 0.25) is 4.80 Å². The Hall–Kier alpha value is -2.94. The maximum atomic E-state index is 13.9. The van der Waals surface area contributed by atoms with Gasteiger partial charge in [-0.2, -0.15) is 13.9 Å². The Labute approximate surface area is 162 Å². The number of aromatic nitrogens is 1. The first-order valence-corrected chi connectivity index (χ1v) is 9.12. The lowest BCUT2D eigenvalue weighted by Gasteiger charge is -2.07. The molecule has 3 rings (SSSR count). The predicted octanol–water partition coefficient (Wildman–Crippen LogP) is 4.90. The van der Waals surface area contributed by atoms with Gasteiger partial charge in [0.15, 0.2) is 0 Å². The first-order chi connectivity index (χ1) is 13.5. The summed E-state index contributed by atoms with van der Waals surface area (Å²) in [7, 11) is 0. The van der Waals surface area contributed by atoms with Crippen LogP contribution in [0.3, 0.4) is 0 Å². The summed E-state index contributed by atoms with van der Waals surface area (Å²) < 4.78 is 58.1. The van der Waals surface area contributed by atoms with Crippen molar-refractivity contribution in [1.82, 2.24) is 4.68 Å². The number of benzene rings is 2. The van der Waals surface area contributed by atoms with Crippen molar-refractivity contribution in [3.8, 4) is 17.0 Å². The maximum absolute atomic E-state index is 13.9. The molecule has 0 N–H and O–H groups in total. The van der Waals surface area contributed by atoms with E-state index in [9.17, 15) is 17.6 Å². The monoisotopic (exact) mass is 409 g/mol. The van der Waals surface area contributed by atoms with E-state index in [0.29, 0.717) is 22.6 Å². The van der Waals surface area contributed by atoms with Crippen molar-refractivity contribution in [3.63, 3.8) is 0 Å². The molecule has 0 saturated heterocycles. The zero-order valence-electron chi connectivity index (χ0n) is 14.7. The largest absolute Gasteiger partial charge is 0.435 e. The molecule has 146 valence electrons. The molecule has 4 nitrogen and oxygen atoms in total. The molecule has 0 aliphatic carbocycles. The second-order valence-electron chi connectivity index (χ2n) is 5.47. The van der Waals surface area contributed by atoms with Crippen LogP contribution in [0.1, 0.15) is 12.5 Å². The van der Waals surface area contributed by atoms with Crippen molar-refractivity contribution in [2.75, 3.05) is 6.54 Å². The lowest BCUT2D eigenvalue weighted by Crippen LogP contribution is -2.12.